The Hall–Kier alpha value is -1.89. The number of rotatable bonds is 4. The maximum absolute atomic E-state index is 12.8. The Bertz CT molecular complexity index is 894. The second-order valence-electron chi connectivity index (χ2n) is 7.44. The first kappa shape index (κ1) is 22.8. The number of carbonyl (C=O) groups is 1. The van der Waals surface area contributed by atoms with Crippen LogP contribution in [0.2, 0.25) is 0 Å². The van der Waals surface area contributed by atoms with E-state index in [2.05, 4.69) is 5.32 Å². The van der Waals surface area contributed by atoms with Gasteiger partial charge in [-0.3, -0.25) is 0 Å². The van der Waals surface area contributed by atoms with Crippen molar-refractivity contribution in [1.29, 1.82) is 0 Å². The monoisotopic (exact) mass is 452 g/mol. The predicted molar refractivity (Wildman–Crippen MR) is 99.8 cm³/mol. The lowest BCUT2D eigenvalue weighted by Gasteiger charge is -2.32. The molecule has 30 heavy (non-hydrogen) atoms. The van der Waals surface area contributed by atoms with Crippen LogP contribution in [0.4, 0.5) is 13.2 Å². The smallest absolute Gasteiger partial charge is 0.490 e. The number of sulfonamides is 1. The average Bonchev–Trinajstić information content (AvgIpc) is 3.05. The number of hydrogen-bond donors (Lipinski definition) is 2. The Labute approximate surface area is 172 Å². The van der Waals surface area contributed by atoms with Crippen LogP contribution in [-0.4, -0.2) is 80.2 Å². The van der Waals surface area contributed by atoms with Crippen LogP contribution >= 0.6 is 0 Å². The summed E-state index contributed by atoms with van der Waals surface area (Å²) in [7, 11) is -1.64. The number of nitrogens with zero attached hydrogens (tertiary/aromatic N) is 1. The quantitative estimate of drug-likeness (QED) is 0.703. The van der Waals surface area contributed by atoms with Crippen molar-refractivity contribution in [1.82, 2.24) is 9.62 Å². The first-order valence-electron chi connectivity index (χ1n) is 9.28. The number of ether oxygens (including phenoxy) is 2. The summed E-state index contributed by atoms with van der Waals surface area (Å²) in [4.78, 5) is 8.90. The minimum atomic E-state index is -5.08. The van der Waals surface area contributed by atoms with Gasteiger partial charge in [-0.1, -0.05) is 12.1 Å². The highest BCUT2D eigenvalue weighted by Crippen LogP contribution is 2.44. The number of hydrogen-bond acceptors (Lipinski definition) is 6. The van der Waals surface area contributed by atoms with E-state index in [1.54, 1.807) is 11.4 Å². The number of morpholine rings is 1. The van der Waals surface area contributed by atoms with Gasteiger partial charge in [0.15, 0.2) is 0 Å². The molecule has 1 aromatic rings. The number of benzene rings is 1. The third kappa shape index (κ3) is 4.56. The highest BCUT2D eigenvalue weighted by Gasteiger charge is 2.63. The van der Waals surface area contributed by atoms with Crippen LogP contribution in [0.25, 0.3) is 0 Å². The zero-order valence-electron chi connectivity index (χ0n) is 16.2. The van der Waals surface area contributed by atoms with Gasteiger partial charge >= 0.3 is 12.1 Å². The SMILES string of the molecule is COc1cccc(CCN2C[C@@]34CNC[C@@H](C[C@@H]3S2(=O)=O)O4)c1.O=C(O)C(F)(F)F. The van der Waals surface area contributed by atoms with Crippen molar-refractivity contribution >= 4 is 16.0 Å². The fraction of sp³-hybridized carbons (Fsp3) is 0.611. The van der Waals surface area contributed by atoms with E-state index < -0.39 is 27.8 Å². The summed E-state index contributed by atoms with van der Waals surface area (Å²) >= 11 is 0. The second kappa shape index (κ2) is 8.33. The molecule has 8 nitrogen and oxygen atoms in total. The number of carboxylic acids is 1. The Kier molecular flexibility index (Phi) is 6.33. The summed E-state index contributed by atoms with van der Waals surface area (Å²) < 4.78 is 70.3. The maximum Gasteiger partial charge on any atom is 0.490 e. The minimum Gasteiger partial charge on any atom is -0.497 e. The molecule has 0 aromatic heterocycles. The molecule has 0 aliphatic carbocycles. The van der Waals surface area contributed by atoms with Gasteiger partial charge in [0.1, 0.15) is 16.6 Å². The van der Waals surface area contributed by atoms with E-state index in [-0.39, 0.29) is 11.4 Å². The third-order valence-electron chi connectivity index (χ3n) is 5.45. The summed E-state index contributed by atoms with van der Waals surface area (Å²) in [5.41, 5.74) is 0.533. The number of aliphatic carboxylic acids is 1. The zero-order chi connectivity index (χ0) is 22.2. The number of halogens is 3. The summed E-state index contributed by atoms with van der Waals surface area (Å²) in [6, 6.07) is 7.77. The van der Waals surface area contributed by atoms with Crippen LogP contribution in [-0.2, 0) is 26.0 Å². The van der Waals surface area contributed by atoms with Gasteiger partial charge in [0.25, 0.3) is 0 Å². The van der Waals surface area contributed by atoms with E-state index in [0.717, 1.165) is 17.9 Å². The largest absolute Gasteiger partial charge is 0.497 e. The zero-order valence-corrected chi connectivity index (χ0v) is 17.0. The van der Waals surface area contributed by atoms with E-state index >= 15 is 0 Å². The standard InChI is InChI=1S/C16H22N2O4S.C2HF3O2/c1-21-13-4-2-3-12(7-13)5-6-18-11-16-10-17-9-14(22-16)8-15(16)23(18,19)20;3-2(4,5)1(6)7/h2-4,7,14-15,17H,5-6,8-11H2,1H3;(H,6,7)/t14-,15+,16+;/m1./s1. The van der Waals surface area contributed by atoms with Crippen molar-refractivity contribution in [3.63, 3.8) is 0 Å². The molecule has 3 aliphatic heterocycles. The lowest BCUT2D eigenvalue weighted by molar-refractivity contribution is -0.192. The van der Waals surface area contributed by atoms with Gasteiger partial charge < -0.3 is 19.9 Å². The number of alkyl halides is 3. The molecule has 0 radical (unpaired) electrons. The van der Waals surface area contributed by atoms with Crippen LogP contribution in [0.5, 0.6) is 5.75 Å². The number of methoxy groups -OCH3 is 1. The highest BCUT2D eigenvalue weighted by molar-refractivity contribution is 7.90. The van der Waals surface area contributed by atoms with Gasteiger partial charge in [-0.2, -0.15) is 17.5 Å². The molecule has 0 amide bonds. The van der Waals surface area contributed by atoms with Gasteiger partial charge in [-0.25, -0.2) is 13.2 Å². The molecule has 1 aromatic carbocycles. The number of fused-ring (bicyclic) bond motifs is 1. The molecule has 0 saturated carbocycles. The molecule has 2 bridgehead atoms. The van der Waals surface area contributed by atoms with Crippen molar-refractivity contribution in [3.8, 4) is 5.75 Å². The first-order chi connectivity index (χ1) is 14.0. The Morgan fingerprint density at radius 2 is 2.13 bits per heavy atom. The summed E-state index contributed by atoms with van der Waals surface area (Å²) in [6.45, 7) is 2.34. The molecule has 3 saturated heterocycles. The van der Waals surface area contributed by atoms with E-state index in [1.165, 1.54) is 0 Å². The van der Waals surface area contributed by atoms with Crippen molar-refractivity contribution in [3.05, 3.63) is 29.8 Å². The Morgan fingerprint density at radius 3 is 2.77 bits per heavy atom. The fourth-order valence-corrected chi connectivity index (χ4v) is 6.40. The van der Waals surface area contributed by atoms with Gasteiger partial charge in [0.2, 0.25) is 10.0 Å². The maximum atomic E-state index is 12.8. The molecule has 168 valence electrons. The molecule has 3 atom stereocenters. The number of carboxylic acid groups (broad SMARTS) is 1. The van der Waals surface area contributed by atoms with E-state index in [4.69, 9.17) is 19.4 Å². The van der Waals surface area contributed by atoms with Gasteiger partial charge in [-0.05, 0) is 30.5 Å². The van der Waals surface area contributed by atoms with E-state index in [1.807, 2.05) is 24.3 Å². The molecule has 3 aliphatic rings. The van der Waals surface area contributed by atoms with Crippen molar-refractivity contribution in [2.45, 2.75) is 36.0 Å². The molecule has 1 spiro atoms. The topological polar surface area (TPSA) is 105 Å². The fourth-order valence-electron chi connectivity index (χ4n) is 4.08. The third-order valence-corrected chi connectivity index (χ3v) is 7.82. The van der Waals surface area contributed by atoms with E-state index in [0.29, 0.717) is 32.5 Å². The van der Waals surface area contributed by atoms with Gasteiger partial charge in [-0.15, -0.1) is 0 Å². The van der Waals surface area contributed by atoms with Crippen molar-refractivity contribution < 1.29 is 41.0 Å². The molecule has 3 fully saturated rings. The lowest BCUT2D eigenvalue weighted by Crippen LogP contribution is -2.53. The molecule has 3 heterocycles. The molecule has 12 heteroatoms. The molecule has 0 unspecified atom stereocenters. The van der Waals surface area contributed by atoms with Crippen molar-refractivity contribution in [2.24, 2.45) is 0 Å². The van der Waals surface area contributed by atoms with Crippen LogP contribution in [0, 0.1) is 0 Å². The predicted octanol–water partition coefficient (Wildman–Crippen LogP) is 1.02. The minimum absolute atomic E-state index is 0.0454. The average molecular weight is 452 g/mol. The number of nitrogens with one attached hydrogen (secondary N) is 1. The molecular weight excluding hydrogens is 429 g/mol. The summed E-state index contributed by atoms with van der Waals surface area (Å²) in [5.74, 6) is -1.96. The lowest BCUT2D eigenvalue weighted by atomic mass is 10.00. The van der Waals surface area contributed by atoms with Crippen LogP contribution in [0.1, 0.15) is 12.0 Å². The van der Waals surface area contributed by atoms with Crippen LogP contribution in [0.15, 0.2) is 24.3 Å². The molecule has 2 N–H and O–H groups in total. The summed E-state index contributed by atoms with van der Waals surface area (Å²) in [5, 5.41) is 10.1. The highest BCUT2D eigenvalue weighted by atomic mass is 32.2. The molecule has 4 rings (SSSR count). The Morgan fingerprint density at radius 1 is 1.43 bits per heavy atom. The van der Waals surface area contributed by atoms with Crippen LogP contribution < -0.4 is 10.1 Å². The normalized spacial score (nSPS) is 29.6. The summed E-state index contributed by atoms with van der Waals surface area (Å²) in [6.07, 6.45) is -3.75. The van der Waals surface area contributed by atoms with E-state index in [9.17, 15) is 21.6 Å². The second-order valence-corrected chi connectivity index (χ2v) is 9.56. The molecular formula is C18H23F3N2O6S. The van der Waals surface area contributed by atoms with Gasteiger partial charge in [0, 0.05) is 26.2 Å². The Balaban J connectivity index is 0.000000318. The van der Waals surface area contributed by atoms with Gasteiger partial charge in [0.05, 0.1) is 13.2 Å². The van der Waals surface area contributed by atoms with Crippen molar-refractivity contribution in [2.75, 3.05) is 33.3 Å². The van der Waals surface area contributed by atoms with Crippen LogP contribution in [0.3, 0.4) is 0 Å². The first-order valence-corrected chi connectivity index (χ1v) is 10.8.